The first-order valence-electron chi connectivity index (χ1n) is 5.76. The Morgan fingerprint density at radius 2 is 1.56 bits per heavy atom. The highest BCUT2D eigenvalue weighted by Gasteiger charge is 2.48. The smallest absolute Gasteiger partial charge is 0.314 e. The van der Waals surface area contributed by atoms with Crippen molar-refractivity contribution in [3.63, 3.8) is 0 Å². The lowest BCUT2D eigenvalue weighted by molar-refractivity contribution is -0.149. The van der Waals surface area contributed by atoms with Crippen LogP contribution in [0, 0.1) is 0 Å². The number of halogens is 2. The molecular formula is C13H14F2O3. The molecule has 0 aliphatic heterocycles. The molecule has 0 bridgehead atoms. The van der Waals surface area contributed by atoms with Crippen LogP contribution in [0.4, 0.5) is 8.78 Å². The first-order valence-corrected chi connectivity index (χ1v) is 5.76. The summed E-state index contributed by atoms with van der Waals surface area (Å²) in [4.78, 5) is 11.5. The highest BCUT2D eigenvalue weighted by atomic mass is 19.3. The standard InChI is InChI=1S/C13H14F2O3/c14-13(15)7-5-12(6-8-13,11(17)18)9-1-3-10(16)4-2-9/h1-4,16H,5-8H2,(H,17,18). The predicted molar refractivity (Wildman–Crippen MR) is 60.8 cm³/mol. The van der Waals surface area contributed by atoms with Crippen molar-refractivity contribution >= 4 is 5.97 Å². The second-order valence-corrected chi connectivity index (χ2v) is 4.79. The van der Waals surface area contributed by atoms with Crippen molar-refractivity contribution in [2.45, 2.75) is 37.0 Å². The van der Waals surface area contributed by atoms with E-state index in [4.69, 9.17) is 0 Å². The number of aromatic hydroxyl groups is 1. The molecule has 0 atom stereocenters. The average Bonchev–Trinajstić information content (AvgIpc) is 2.30. The molecule has 0 radical (unpaired) electrons. The maximum atomic E-state index is 13.2. The van der Waals surface area contributed by atoms with Gasteiger partial charge in [0.25, 0.3) is 0 Å². The molecule has 5 heteroatoms. The van der Waals surface area contributed by atoms with Crippen molar-refractivity contribution < 1.29 is 23.8 Å². The topological polar surface area (TPSA) is 57.5 Å². The number of phenols is 1. The molecule has 1 fully saturated rings. The van der Waals surface area contributed by atoms with Gasteiger partial charge in [-0.2, -0.15) is 0 Å². The lowest BCUT2D eigenvalue weighted by Gasteiger charge is -2.37. The first-order chi connectivity index (χ1) is 8.36. The van der Waals surface area contributed by atoms with Gasteiger partial charge in [0, 0.05) is 12.8 Å². The van der Waals surface area contributed by atoms with Crippen LogP contribution in [0.1, 0.15) is 31.2 Å². The van der Waals surface area contributed by atoms with Crippen LogP contribution in [0.3, 0.4) is 0 Å². The third kappa shape index (κ3) is 2.17. The largest absolute Gasteiger partial charge is 0.508 e. The average molecular weight is 256 g/mol. The molecule has 0 aromatic heterocycles. The van der Waals surface area contributed by atoms with Crippen LogP contribution in [0.2, 0.25) is 0 Å². The van der Waals surface area contributed by atoms with E-state index < -0.39 is 30.1 Å². The van der Waals surface area contributed by atoms with Crippen LogP contribution in [0.15, 0.2) is 24.3 Å². The SMILES string of the molecule is O=C(O)C1(c2ccc(O)cc2)CCC(F)(F)CC1. The van der Waals surface area contributed by atoms with E-state index in [0.717, 1.165) is 0 Å². The fourth-order valence-electron chi connectivity index (χ4n) is 2.45. The van der Waals surface area contributed by atoms with Gasteiger partial charge < -0.3 is 10.2 Å². The number of alkyl halides is 2. The van der Waals surface area contributed by atoms with Gasteiger partial charge in [-0.1, -0.05) is 12.1 Å². The molecule has 3 nitrogen and oxygen atoms in total. The summed E-state index contributed by atoms with van der Waals surface area (Å²) in [7, 11) is 0. The first kappa shape index (κ1) is 12.8. The second-order valence-electron chi connectivity index (χ2n) is 4.79. The van der Waals surface area contributed by atoms with Crippen LogP contribution in [-0.2, 0) is 10.2 Å². The Morgan fingerprint density at radius 1 is 1.06 bits per heavy atom. The minimum Gasteiger partial charge on any atom is -0.508 e. The van der Waals surface area contributed by atoms with Gasteiger partial charge in [0.2, 0.25) is 5.92 Å². The zero-order chi connectivity index (χ0) is 13.4. The Morgan fingerprint density at radius 3 is 2.00 bits per heavy atom. The summed E-state index contributed by atoms with van der Waals surface area (Å²) < 4.78 is 26.3. The molecule has 98 valence electrons. The van der Waals surface area contributed by atoms with Gasteiger partial charge in [0.05, 0.1) is 5.41 Å². The van der Waals surface area contributed by atoms with E-state index >= 15 is 0 Å². The van der Waals surface area contributed by atoms with Crippen LogP contribution in [-0.4, -0.2) is 22.1 Å². The van der Waals surface area contributed by atoms with E-state index in [9.17, 15) is 23.8 Å². The molecule has 1 saturated carbocycles. The van der Waals surface area contributed by atoms with E-state index in [0.29, 0.717) is 5.56 Å². The second kappa shape index (κ2) is 4.23. The molecule has 1 aromatic rings. The number of benzene rings is 1. The number of carboxylic acid groups (broad SMARTS) is 1. The molecule has 1 aliphatic rings. The summed E-state index contributed by atoms with van der Waals surface area (Å²) in [5.74, 6) is -3.82. The zero-order valence-electron chi connectivity index (χ0n) is 9.70. The van der Waals surface area contributed by atoms with Crippen molar-refractivity contribution in [2.24, 2.45) is 0 Å². The number of aliphatic carboxylic acids is 1. The summed E-state index contributed by atoms with van der Waals surface area (Å²) >= 11 is 0. The number of rotatable bonds is 2. The van der Waals surface area contributed by atoms with E-state index in [1.54, 1.807) is 0 Å². The van der Waals surface area contributed by atoms with Crippen molar-refractivity contribution in [2.75, 3.05) is 0 Å². The van der Waals surface area contributed by atoms with E-state index in [2.05, 4.69) is 0 Å². The molecule has 0 saturated heterocycles. The molecule has 1 aromatic carbocycles. The highest BCUT2D eigenvalue weighted by molar-refractivity contribution is 5.81. The van der Waals surface area contributed by atoms with Gasteiger partial charge in [-0.05, 0) is 30.5 Å². The Labute approximate surface area is 103 Å². The third-order valence-corrected chi connectivity index (χ3v) is 3.66. The fraction of sp³-hybridized carbons (Fsp3) is 0.462. The Hall–Kier alpha value is -1.65. The van der Waals surface area contributed by atoms with Crippen molar-refractivity contribution in [3.8, 4) is 5.75 Å². The molecule has 2 N–H and O–H groups in total. The van der Waals surface area contributed by atoms with Crippen LogP contribution < -0.4 is 0 Å². The van der Waals surface area contributed by atoms with E-state index in [-0.39, 0.29) is 18.6 Å². The van der Waals surface area contributed by atoms with Crippen molar-refractivity contribution in [1.82, 2.24) is 0 Å². The number of hydrogen-bond donors (Lipinski definition) is 2. The van der Waals surface area contributed by atoms with Gasteiger partial charge in [-0.25, -0.2) is 8.78 Å². The minimum atomic E-state index is -2.77. The number of phenolic OH excluding ortho intramolecular Hbond substituents is 1. The maximum absolute atomic E-state index is 13.2. The fourth-order valence-corrected chi connectivity index (χ4v) is 2.45. The molecule has 2 rings (SSSR count). The molecule has 1 aliphatic carbocycles. The van der Waals surface area contributed by atoms with Gasteiger partial charge >= 0.3 is 5.97 Å². The van der Waals surface area contributed by atoms with Crippen molar-refractivity contribution in [1.29, 1.82) is 0 Å². The van der Waals surface area contributed by atoms with E-state index in [1.165, 1.54) is 24.3 Å². The summed E-state index contributed by atoms with van der Waals surface area (Å²) in [6.45, 7) is 0. The van der Waals surface area contributed by atoms with Gasteiger partial charge in [-0.3, -0.25) is 4.79 Å². The van der Waals surface area contributed by atoms with Gasteiger partial charge in [0.15, 0.2) is 0 Å². The van der Waals surface area contributed by atoms with Crippen LogP contribution in [0.25, 0.3) is 0 Å². The number of carbonyl (C=O) groups is 1. The Balaban J connectivity index is 2.34. The Kier molecular flexibility index (Phi) is 3.00. The number of carboxylic acids is 1. The van der Waals surface area contributed by atoms with Gasteiger partial charge in [0.1, 0.15) is 5.75 Å². The third-order valence-electron chi connectivity index (χ3n) is 3.66. The molecule has 0 amide bonds. The Bertz CT molecular complexity index is 444. The molecule has 0 unspecified atom stereocenters. The monoisotopic (exact) mass is 256 g/mol. The van der Waals surface area contributed by atoms with E-state index in [1.807, 2.05) is 0 Å². The summed E-state index contributed by atoms with van der Waals surface area (Å²) in [5, 5.41) is 18.6. The molecule has 0 heterocycles. The normalized spacial score (nSPS) is 21.4. The molecule has 18 heavy (non-hydrogen) atoms. The van der Waals surface area contributed by atoms with Crippen LogP contribution in [0.5, 0.6) is 5.75 Å². The maximum Gasteiger partial charge on any atom is 0.314 e. The lowest BCUT2D eigenvalue weighted by atomic mass is 9.68. The summed E-state index contributed by atoms with van der Waals surface area (Å²) in [6, 6.07) is 5.75. The zero-order valence-corrected chi connectivity index (χ0v) is 9.70. The summed E-state index contributed by atoms with van der Waals surface area (Å²) in [6.07, 6.45) is -0.999. The lowest BCUT2D eigenvalue weighted by Crippen LogP contribution is -2.42. The quantitative estimate of drug-likeness (QED) is 0.855. The summed E-state index contributed by atoms with van der Waals surface area (Å²) in [5.41, 5.74) is -0.779. The molecular weight excluding hydrogens is 242 g/mol. The predicted octanol–water partition coefficient (Wildman–Crippen LogP) is 2.92. The number of hydrogen-bond acceptors (Lipinski definition) is 2. The highest BCUT2D eigenvalue weighted by Crippen LogP contribution is 2.45. The van der Waals surface area contributed by atoms with Crippen molar-refractivity contribution in [3.05, 3.63) is 29.8 Å². The van der Waals surface area contributed by atoms with Gasteiger partial charge in [-0.15, -0.1) is 0 Å². The molecule has 0 spiro atoms. The van der Waals surface area contributed by atoms with Crippen LogP contribution >= 0.6 is 0 Å². The minimum absolute atomic E-state index is 0.0282.